The van der Waals surface area contributed by atoms with Gasteiger partial charge < -0.3 is 9.47 Å². The molecule has 0 bridgehead atoms. The van der Waals surface area contributed by atoms with Crippen molar-refractivity contribution < 1.29 is 14.3 Å². The zero-order valence-corrected chi connectivity index (χ0v) is 13.0. The van der Waals surface area contributed by atoms with Gasteiger partial charge in [-0.3, -0.25) is 5.10 Å². The molecule has 0 saturated heterocycles. The van der Waals surface area contributed by atoms with Crippen LogP contribution in [0.4, 0.5) is 0 Å². The topological polar surface area (TPSA) is 64.2 Å². The van der Waals surface area contributed by atoms with E-state index < -0.39 is 0 Å². The molecule has 0 fully saturated rings. The molecule has 112 valence electrons. The third kappa shape index (κ3) is 3.07. The van der Waals surface area contributed by atoms with E-state index >= 15 is 0 Å². The maximum absolute atomic E-state index is 11.7. The molecule has 0 aliphatic heterocycles. The minimum Gasteiger partial charge on any atom is -0.474 e. The number of hydrogen-bond acceptors (Lipinski definition) is 4. The Hall–Kier alpha value is -2.30. The summed E-state index contributed by atoms with van der Waals surface area (Å²) >= 11 is 0. The van der Waals surface area contributed by atoms with Crippen LogP contribution in [0.1, 0.15) is 35.3 Å². The van der Waals surface area contributed by atoms with Crippen molar-refractivity contribution in [2.75, 3.05) is 7.11 Å². The largest absolute Gasteiger partial charge is 0.474 e. The van der Waals surface area contributed by atoms with Crippen LogP contribution < -0.4 is 4.74 Å². The van der Waals surface area contributed by atoms with E-state index in [-0.39, 0.29) is 12.1 Å². The van der Waals surface area contributed by atoms with Gasteiger partial charge in [-0.25, -0.2) is 4.79 Å². The lowest BCUT2D eigenvalue weighted by molar-refractivity contribution is 0.0601. The first kappa shape index (κ1) is 15.1. The van der Waals surface area contributed by atoms with E-state index in [1.54, 1.807) is 12.1 Å². The standard InChI is InChI=1S/C16H20N2O3/c1-9(2)21-15-11(4)14(17-18-15)13-8-12(16(19)20-5)7-6-10(13)3/h6-9H,1-5H3,(H,17,18). The van der Waals surface area contributed by atoms with E-state index in [2.05, 4.69) is 10.2 Å². The monoisotopic (exact) mass is 288 g/mol. The molecule has 1 N–H and O–H groups in total. The third-order valence-electron chi connectivity index (χ3n) is 3.24. The van der Waals surface area contributed by atoms with Crippen LogP contribution in [0.15, 0.2) is 18.2 Å². The van der Waals surface area contributed by atoms with Gasteiger partial charge in [0, 0.05) is 11.1 Å². The molecule has 1 heterocycles. The molecular weight excluding hydrogens is 268 g/mol. The smallest absolute Gasteiger partial charge is 0.337 e. The van der Waals surface area contributed by atoms with Crippen molar-refractivity contribution in [2.45, 2.75) is 33.8 Å². The molecule has 0 radical (unpaired) electrons. The van der Waals surface area contributed by atoms with Gasteiger partial charge >= 0.3 is 5.97 Å². The Bertz CT molecular complexity index is 660. The molecule has 21 heavy (non-hydrogen) atoms. The van der Waals surface area contributed by atoms with Gasteiger partial charge in [-0.2, -0.15) is 0 Å². The average molecular weight is 288 g/mol. The Kier molecular flexibility index (Phi) is 4.31. The SMILES string of the molecule is COC(=O)c1ccc(C)c(-c2[nH]nc(OC(C)C)c2C)c1. The van der Waals surface area contributed by atoms with Gasteiger partial charge in [0.25, 0.3) is 0 Å². The number of carbonyl (C=O) groups excluding carboxylic acids is 1. The summed E-state index contributed by atoms with van der Waals surface area (Å²) in [6, 6.07) is 5.45. The summed E-state index contributed by atoms with van der Waals surface area (Å²) in [5, 5.41) is 7.20. The lowest BCUT2D eigenvalue weighted by atomic mass is 10.0. The molecule has 0 saturated carbocycles. The highest BCUT2D eigenvalue weighted by Gasteiger charge is 2.16. The summed E-state index contributed by atoms with van der Waals surface area (Å²) in [4.78, 5) is 11.7. The van der Waals surface area contributed by atoms with E-state index in [1.165, 1.54) is 7.11 Å². The van der Waals surface area contributed by atoms with Crippen LogP contribution in [-0.4, -0.2) is 29.4 Å². The van der Waals surface area contributed by atoms with Crippen LogP contribution in [0.5, 0.6) is 5.88 Å². The fourth-order valence-electron chi connectivity index (χ4n) is 2.12. The van der Waals surface area contributed by atoms with Crippen molar-refractivity contribution in [3.8, 4) is 17.1 Å². The van der Waals surface area contributed by atoms with Crippen LogP contribution >= 0.6 is 0 Å². The molecule has 0 atom stereocenters. The van der Waals surface area contributed by atoms with Gasteiger partial charge in [0.1, 0.15) is 0 Å². The first-order valence-electron chi connectivity index (χ1n) is 6.85. The number of rotatable bonds is 4. The van der Waals surface area contributed by atoms with E-state index in [9.17, 15) is 4.79 Å². The second kappa shape index (κ2) is 5.99. The third-order valence-corrected chi connectivity index (χ3v) is 3.24. The van der Waals surface area contributed by atoms with Crippen molar-refractivity contribution in [3.05, 3.63) is 34.9 Å². The van der Waals surface area contributed by atoms with Gasteiger partial charge in [0.05, 0.1) is 24.5 Å². The molecule has 0 amide bonds. The van der Waals surface area contributed by atoms with E-state index in [0.29, 0.717) is 11.4 Å². The molecule has 5 heteroatoms. The summed E-state index contributed by atoms with van der Waals surface area (Å²) in [6.45, 7) is 7.84. The number of methoxy groups -OCH3 is 1. The summed E-state index contributed by atoms with van der Waals surface area (Å²) in [6.07, 6.45) is 0.0577. The number of H-pyrrole nitrogens is 1. The van der Waals surface area contributed by atoms with Crippen molar-refractivity contribution in [2.24, 2.45) is 0 Å². The average Bonchev–Trinajstić information content (AvgIpc) is 2.79. The van der Waals surface area contributed by atoms with Crippen LogP contribution in [0.3, 0.4) is 0 Å². The number of aromatic amines is 1. The quantitative estimate of drug-likeness (QED) is 0.877. The maximum atomic E-state index is 11.7. The highest BCUT2D eigenvalue weighted by Crippen LogP contribution is 2.30. The zero-order chi connectivity index (χ0) is 15.6. The van der Waals surface area contributed by atoms with Crippen LogP contribution in [-0.2, 0) is 4.74 Å². The molecule has 2 aromatic rings. The molecule has 5 nitrogen and oxygen atoms in total. The first-order chi connectivity index (χ1) is 9.93. The van der Waals surface area contributed by atoms with Crippen molar-refractivity contribution in [1.82, 2.24) is 10.2 Å². The number of nitrogens with one attached hydrogen (secondary N) is 1. The van der Waals surface area contributed by atoms with E-state index in [1.807, 2.05) is 33.8 Å². The molecule has 0 unspecified atom stereocenters. The molecule has 1 aromatic heterocycles. The van der Waals surface area contributed by atoms with Crippen molar-refractivity contribution >= 4 is 5.97 Å². The number of nitrogens with zero attached hydrogens (tertiary/aromatic N) is 1. The summed E-state index contributed by atoms with van der Waals surface area (Å²) in [7, 11) is 1.37. The predicted molar refractivity (Wildman–Crippen MR) is 80.6 cm³/mol. The van der Waals surface area contributed by atoms with Gasteiger partial charge in [0.2, 0.25) is 5.88 Å². The molecule has 0 aliphatic carbocycles. The Labute approximate surface area is 124 Å². The molecule has 0 aliphatic rings. The van der Waals surface area contributed by atoms with Crippen LogP contribution in [0, 0.1) is 13.8 Å². The highest BCUT2D eigenvalue weighted by molar-refractivity contribution is 5.91. The number of benzene rings is 1. The van der Waals surface area contributed by atoms with Crippen molar-refractivity contribution in [3.63, 3.8) is 0 Å². The molecular formula is C16H20N2O3. The highest BCUT2D eigenvalue weighted by atomic mass is 16.5. The van der Waals surface area contributed by atoms with Crippen LogP contribution in [0.25, 0.3) is 11.3 Å². The Morgan fingerprint density at radius 1 is 1.29 bits per heavy atom. The minimum atomic E-state index is -0.355. The van der Waals surface area contributed by atoms with Gasteiger partial charge in [-0.1, -0.05) is 6.07 Å². The van der Waals surface area contributed by atoms with Crippen LogP contribution in [0.2, 0.25) is 0 Å². The number of carbonyl (C=O) groups is 1. The Balaban J connectivity index is 2.46. The maximum Gasteiger partial charge on any atom is 0.337 e. The predicted octanol–water partition coefficient (Wildman–Crippen LogP) is 3.27. The van der Waals surface area contributed by atoms with Gasteiger partial charge in [-0.15, -0.1) is 5.10 Å². The molecule has 2 rings (SSSR count). The number of ether oxygens (including phenoxy) is 2. The second-order valence-corrected chi connectivity index (χ2v) is 5.22. The Morgan fingerprint density at radius 3 is 2.62 bits per heavy atom. The van der Waals surface area contributed by atoms with Crippen molar-refractivity contribution in [1.29, 1.82) is 0 Å². The van der Waals surface area contributed by atoms with E-state index in [0.717, 1.165) is 22.4 Å². The minimum absolute atomic E-state index is 0.0577. The lowest BCUT2D eigenvalue weighted by Crippen LogP contribution is -2.06. The number of aryl methyl sites for hydroxylation is 1. The van der Waals surface area contributed by atoms with Gasteiger partial charge in [-0.05, 0) is 45.4 Å². The van der Waals surface area contributed by atoms with Gasteiger partial charge in [0.15, 0.2) is 0 Å². The fourth-order valence-corrected chi connectivity index (χ4v) is 2.12. The number of esters is 1. The number of aromatic nitrogens is 2. The molecule has 1 aromatic carbocycles. The second-order valence-electron chi connectivity index (χ2n) is 5.22. The summed E-state index contributed by atoms with van der Waals surface area (Å²) < 4.78 is 10.4. The summed E-state index contributed by atoms with van der Waals surface area (Å²) in [5.41, 5.74) is 4.26. The van der Waals surface area contributed by atoms with E-state index in [4.69, 9.17) is 9.47 Å². The number of hydrogen-bond donors (Lipinski definition) is 1. The first-order valence-corrected chi connectivity index (χ1v) is 6.85. The normalized spacial score (nSPS) is 10.8. The summed E-state index contributed by atoms with van der Waals surface area (Å²) in [5.74, 6) is 0.231. The lowest BCUT2D eigenvalue weighted by Gasteiger charge is -2.09. The molecule has 0 spiro atoms. The Morgan fingerprint density at radius 2 is 2.00 bits per heavy atom. The zero-order valence-electron chi connectivity index (χ0n) is 13.0. The fraction of sp³-hybridized carbons (Fsp3) is 0.375.